The van der Waals surface area contributed by atoms with E-state index in [2.05, 4.69) is 21.3 Å². The Hall–Kier alpha value is -4.99. The standard InChI is InChI=1S/C36H40N4O5/c1-24(27-14-8-5-9-15-27)39-35(43)29-19-28(34(42)37-2)20-30(21-29)36(44)40-32(18-25-11-6-4-7-12-25)33(41)23-38-22-26-13-10-16-31(17-26)45-3/h4-17,19-21,24,32-33,38,41H,18,22-23H2,1-3H3,(H,37,42)(H,39,43)(H,40,44)/t24-,32+,33-/m1/s1. The number of aliphatic hydroxyl groups excluding tert-OH is 1. The Bertz CT molecular complexity index is 1580. The Balaban J connectivity index is 1.53. The molecular weight excluding hydrogens is 568 g/mol. The molecule has 3 amide bonds. The minimum Gasteiger partial charge on any atom is -0.497 e. The predicted molar refractivity (Wildman–Crippen MR) is 174 cm³/mol. The predicted octanol–water partition coefficient (Wildman–Crippen LogP) is 4.04. The molecule has 0 radical (unpaired) electrons. The summed E-state index contributed by atoms with van der Waals surface area (Å²) in [5.74, 6) is -0.629. The summed E-state index contributed by atoms with van der Waals surface area (Å²) in [7, 11) is 3.09. The van der Waals surface area contributed by atoms with Crippen LogP contribution in [0.3, 0.4) is 0 Å². The van der Waals surface area contributed by atoms with E-state index >= 15 is 0 Å². The van der Waals surface area contributed by atoms with Crippen LogP contribution in [0.25, 0.3) is 0 Å². The summed E-state index contributed by atoms with van der Waals surface area (Å²) in [5, 5.41) is 23.0. The second-order valence-electron chi connectivity index (χ2n) is 10.8. The highest BCUT2D eigenvalue weighted by Crippen LogP contribution is 2.17. The van der Waals surface area contributed by atoms with Crippen LogP contribution in [-0.4, -0.2) is 55.7 Å². The molecule has 0 unspecified atom stereocenters. The number of benzene rings is 4. The van der Waals surface area contributed by atoms with Gasteiger partial charge in [-0.3, -0.25) is 14.4 Å². The highest BCUT2D eigenvalue weighted by molar-refractivity contribution is 6.04. The van der Waals surface area contributed by atoms with Crippen molar-refractivity contribution in [2.24, 2.45) is 0 Å². The Morgan fingerprint density at radius 1 is 0.733 bits per heavy atom. The van der Waals surface area contributed by atoms with Crippen molar-refractivity contribution >= 4 is 17.7 Å². The molecule has 45 heavy (non-hydrogen) atoms. The fourth-order valence-corrected chi connectivity index (χ4v) is 4.96. The number of methoxy groups -OCH3 is 1. The molecule has 0 bridgehead atoms. The van der Waals surface area contributed by atoms with Crippen molar-refractivity contribution in [1.82, 2.24) is 21.3 Å². The van der Waals surface area contributed by atoms with Gasteiger partial charge in [0.15, 0.2) is 0 Å². The lowest BCUT2D eigenvalue weighted by Crippen LogP contribution is -2.48. The molecule has 0 saturated heterocycles. The Kier molecular flexibility index (Phi) is 11.8. The van der Waals surface area contributed by atoms with Crippen LogP contribution in [0.4, 0.5) is 0 Å². The number of aliphatic hydroxyl groups is 1. The molecule has 4 aromatic carbocycles. The smallest absolute Gasteiger partial charge is 0.251 e. The molecule has 234 valence electrons. The number of carbonyl (C=O) groups excluding carboxylic acids is 3. The monoisotopic (exact) mass is 608 g/mol. The first-order valence-corrected chi connectivity index (χ1v) is 14.9. The highest BCUT2D eigenvalue weighted by Gasteiger charge is 2.24. The van der Waals surface area contributed by atoms with Gasteiger partial charge in [-0.2, -0.15) is 0 Å². The summed E-state index contributed by atoms with van der Waals surface area (Å²) in [6.07, 6.45) is -0.581. The van der Waals surface area contributed by atoms with Crippen molar-refractivity contribution in [3.05, 3.63) is 137 Å². The van der Waals surface area contributed by atoms with E-state index in [0.29, 0.717) is 13.0 Å². The second kappa shape index (κ2) is 16.2. The van der Waals surface area contributed by atoms with Crippen molar-refractivity contribution in [2.45, 2.75) is 38.1 Å². The van der Waals surface area contributed by atoms with Crippen LogP contribution in [-0.2, 0) is 13.0 Å². The highest BCUT2D eigenvalue weighted by atomic mass is 16.5. The maximum absolute atomic E-state index is 13.7. The van der Waals surface area contributed by atoms with Crippen LogP contribution in [0.2, 0.25) is 0 Å². The molecule has 3 atom stereocenters. The topological polar surface area (TPSA) is 129 Å². The van der Waals surface area contributed by atoms with Gasteiger partial charge in [0.1, 0.15) is 5.75 Å². The van der Waals surface area contributed by atoms with E-state index in [9.17, 15) is 19.5 Å². The molecule has 0 aliphatic carbocycles. The number of ether oxygens (including phenoxy) is 1. The van der Waals surface area contributed by atoms with Gasteiger partial charge < -0.3 is 31.1 Å². The van der Waals surface area contributed by atoms with Crippen molar-refractivity contribution in [1.29, 1.82) is 0 Å². The van der Waals surface area contributed by atoms with Gasteiger partial charge in [-0.25, -0.2) is 0 Å². The molecule has 4 aromatic rings. The molecule has 0 aliphatic heterocycles. The largest absolute Gasteiger partial charge is 0.497 e. The van der Waals surface area contributed by atoms with Gasteiger partial charge >= 0.3 is 0 Å². The maximum Gasteiger partial charge on any atom is 0.251 e. The zero-order chi connectivity index (χ0) is 32.2. The Labute approximate surface area is 264 Å². The average Bonchev–Trinajstić information content (AvgIpc) is 3.08. The van der Waals surface area contributed by atoms with Gasteiger partial charge in [0, 0.05) is 36.8 Å². The summed E-state index contributed by atoms with van der Waals surface area (Å²) in [4.78, 5) is 39.6. The summed E-state index contributed by atoms with van der Waals surface area (Å²) in [6.45, 7) is 2.56. The van der Waals surface area contributed by atoms with Crippen LogP contribution >= 0.6 is 0 Å². The van der Waals surface area contributed by atoms with E-state index in [4.69, 9.17) is 4.74 Å². The van der Waals surface area contributed by atoms with Crippen LogP contribution in [0.5, 0.6) is 5.75 Å². The first-order valence-electron chi connectivity index (χ1n) is 14.9. The third kappa shape index (κ3) is 9.50. The maximum atomic E-state index is 13.7. The van der Waals surface area contributed by atoms with Crippen LogP contribution in [0, 0.1) is 0 Å². The van der Waals surface area contributed by atoms with E-state index in [1.54, 1.807) is 7.11 Å². The van der Waals surface area contributed by atoms with Gasteiger partial charge in [-0.05, 0) is 60.4 Å². The lowest BCUT2D eigenvalue weighted by molar-refractivity contribution is 0.0830. The summed E-state index contributed by atoms with van der Waals surface area (Å²) >= 11 is 0. The molecule has 4 rings (SSSR count). The first kappa shape index (κ1) is 32.9. The molecule has 0 aromatic heterocycles. The van der Waals surface area contributed by atoms with Crippen LogP contribution in [0.15, 0.2) is 103 Å². The zero-order valence-electron chi connectivity index (χ0n) is 25.7. The van der Waals surface area contributed by atoms with E-state index in [1.807, 2.05) is 91.9 Å². The summed E-state index contributed by atoms with van der Waals surface area (Å²) in [5.41, 5.74) is 3.31. The molecule has 9 heteroatoms. The number of nitrogens with one attached hydrogen (secondary N) is 4. The number of amides is 3. The number of carbonyl (C=O) groups is 3. The fraction of sp³-hybridized carbons (Fsp3) is 0.250. The molecule has 0 aliphatic rings. The molecule has 0 heterocycles. The van der Waals surface area contributed by atoms with Gasteiger partial charge in [0.05, 0.1) is 25.3 Å². The third-order valence-corrected chi connectivity index (χ3v) is 7.49. The van der Waals surface area contributed by atoms with Gasteiger partial charge in [-0.1, -0.05) is 72.8 Å². The SMILES string of the molecule is CNC(=O)c1cc(C(=O)N[C@@H](Cc2ccccc2)[C@H](O)CNCc2cccc(OC)c2)cc(C(=O)N[C@H](C)c2ccccc2)c1. The molecule has 0 saturated carbocycles. The molecule has 0 fully saturated rings. The minimum atomic E-state index is -0.948. The van der Waals surface area contributed by atoms with Gasteiger partial charge in [0.2, 0.25) is 0 Å². The quantitative estimate of drug-likeness (QED) is 0.147. The summed E-state index contributed by atoms with van der Waals surface area (Å²) in [6, 6.07) is 30.1. The molecule has 9 nitrogen and oxygen atoms in total. The molecule has 5 N–H and O–H groups in total. The number of hydrogen-bond donors (Lipinski definition) is 5. The lowest BCUT2D eigenvalue weighted by Gasteiger charge is -2.25. The van der Waals surface area contributed by atoms with E-state index in [-0.39, 0.29) is 29.3 Å². The number of rotatable bonds is 14. The van der Waals surface area contributed by atoms with Crippen molar-refractivity contribution in [3.63, 3.8) is 0 Å². The molecule has 0 spiro atoms. The Morgan fingerprint density at radius 2 is 1.31 bits per heavy atom. The second-order valence-corrected chi connectivity index (χ2v) is 10.8. The van der Waals surface area contributed by atoms with E-state index in [0.717, 1.165) is 22.4 Å². The Morgan fingerprint density at radius 3 is 1.93 bits per heavy atom. The fourth-order valence-electron chi connectivity index (χ4n) is 4.96. The van der Waals surface area contributed by atoms with E-state index in [1.165, 1.54) is 25.2 Å². The van der Waals surface area contributed by atoms with Crippen LogP contribution < -0.4 is 26.0 Å². The van der Waals surface area contributed by atoms with Crippen molar-refractivity contribution in [3.8, 4) is 5.75 Å². The number of hydrogen-bond acceptors (Lipinski definition) is 6. The zero-order valence-corrected chi connectivity index (χ0v) is 25.7. The third-order valence-electron chi connectivity index (χ3n) is 7.49. The van der Waals surface area contributed by atoms with E-state index < -0.39 is 29.9 Å². The van der Waals surface area contributed by atoms with Crippen molar-refractivity contribution < 1.29 is 24.2 Å². The lowest BCUT2D eigenvalue weighted by atomic mass is 9.99. The molecular formula is C36H40N4O5. The summed E-state index contributed by atoms with van der Waals surface area (Å²) < 4.78 is 5.29. The van der Waals surface area contributed by atoms with Crippen LogP contribution in [0.1, 0.15) is 60.7 Å². The average molecular weight is 609 g/mol. The van der Waals surface area contributed by atoms with Crippen molar-refractivity contribution in [2.75, 3.05) is 20.7 Å². The minimum absolute atomic E-state index is 0.128. The normalized spacial score (nSPS) is 12.8. The van der Waals surface area contributed by atoms with Gasteiger partial charge in [-0.15, -0.1) is 0 Å². The van der Waals surface area contributed by atoms with Gasteiger partial charge in [0.25, 0.3) is 17.7 Å². The first-order chi connectivity index (χ1) is 21.8.